The van der Waals surface area contributed by atoms with Crippen molar-refractivity contribution in [3.8, 4) is 0 Å². The molecule has 2 aromatic rings. The second kappa shape index (κ2) is 13.8. The Morgan fingerprint density at radius 3 is 2.35 bits per heavy atom. The van der Waals surface area contributed by atoms with Gasteiger partial charge in [-0.2, -0.15) is 4.99 Å². The van der Waals surface area contributed by atoms with E-state index in [4.69, 9.17) is 16.6 Å². The molecule has 34 heavy (non-hydrogen) atoms. The highest BCUT2D eigenvalue weighted by molar-refractivity contribution is 7.98. The highest BCUT2D eigenvalue weighted by Gasteiger charge is 2.28. The average Bonchev–Trinajstić information content (AvgIpc) is 2.86. The minimum atomic E-state index is -0.458. The molecule has 1 aliphatic rings. The van der Waals surface area contributed by atoms with Gasteiger partial charge >= 0.3 is 0 Å². The molecule has 0 spiro atoms. The van der Waals surface area contributed by atoms with Crippen LogP contribution in [-0.4, -0.2) is 60.2 Å². The van der Waals surface area contributed by atoms with E-state index in [-0.39, 0.29) is 35.8 Å². The number of piperidine rings is 1. The Hall–Kier alpha value is -2.75. The normalized spacial score (nSPS) is 15.3. The van der Waals surface area contributed by atoms with Crippen LogP contribution < -0.4 is 11.5 Å². The molecule has 3 rings (SSSR count). The number of aliphatic hydroxyl groups is 1. The van der Waals surface area contributed by atoms with Gasteiger partial charge in [0.2, 0.25) is 5.91 Å². The summed E-state index contributed by atoms with van der Waals surface area (Å²) < 4.78 is 13.8. The zero-order chi connectivity index (χ0) is 25.1. The van der Waals surface area contributed by atoms with Crippen LogP contribution in [0.3, 0.4) is 0 Å². The van der Waals surface area contributed by atoms with E-state index in [0.29, 0.717) is 43.5 Å². The van der Waals surface area contributed by atoms with Gasteiger partial charge in [-0.15, -0.1) is 11.8 Å². The third-order valence-corrected chi connectivity index (χ3v) is 6.43. The molecular formula is C25H33FN4O3S. The van der Waals surface area contributed by atoms with Gasteiger partial charge < -0.3 is 21.5 Å². The molecule has 1 aliphatic heterocycles. The number of likely N-dealkylation sites (tertiary alicyclic amines) is 1. The molecule has 9 heteroatoms. The molecule has 1 fully saturated rings. The number of nitrogens with two attached hydrogens (primary N) is 2. The minimum Gasteiger partial charge on any atom is -0.400 e. The van der Waals surface area contributed by atoms with E-state index in [1.54, 1.807) is 34.9 Å². The second-order valence-corrected chi connectivity index (χ2v) is 8.86. The number of aliphatic hydroxyl groups excluding tert-OH is 1. The van der Waals surface area contributed by atoms with Crippen LogP contribution in [0, 0.1) is 11.7 Å². The molecule has 7 nitrogen and oxygen atoms in total. The highest BCUT2D eigenvalue weighted by atomic mass is 32.2. The zero-order valence-electron chi connectivity index (χ0n) is 19.6. The van der Waals surface area contributed by atoms with Crippen molar-refractivity contribution < 1.29 is 19.1 Å². The summed E-state index contributed by atoms with van der Waals surface area (Å²) in [5.74, 6) is -0.679. The second-order valence-electron chi connectivity index (χ2n) is 7.98. The molecule has 2 aromatic carbocycles. The minimum absolute atomic E-state index is 0.0726. The van der Waals surface area contributed by atoms with E-state index in [1.165, 1.54) is 6.07 Å². The van der Waals surface area contributed by atoms with Crippen LogP contribution in [0.15, 0.2) is 58.4 Å². The monoisotopic (exact) mass is 488 g/mol. The van der Waals surface area contributed by atoms with Crippen LogP contribution in [0.1, 0.15) is 30.4 Å². The van der Waals surface area contributed by atoms with Crippen LogP contribution in [0.5, 0.6) is 0 Å². The van der Waals surface area contributed by atoms with E-state index in [9.17, 15) is 14.0 Å². The third kappa shape index (κ3) is 7.93. The zero-order valence-corrected chi connectivity index (χ0v) is 20.4. The molecule has 184 valence electrons. The van der Waals surface area contributed by atoms with Gasteiger partial charge in [-0.1, -0.05) is 30.3 Å². The molecule has 0 aromatic heterocycles. The molecule has 2 amide bonds. The molecule has 1 atom stereocenters. The lowest BCUT2D eigenvalue weighted by Crippen LogP contribution is -2.42. The maximum atomic E-state index is 13.8. The summed E-state index contributed by atoms with van der Waals surface area (Å²) in [4.78, 5) is 32.1. The largest absolute Gasteiger partial charge is 0.400 e. The predicted octanol–water partition coefficient (Wildman–Crippen LogP) is 2.59. The summed E-state index contributed by atoms with van der Waals surface area (Å²) in [6.07, 6.45) is 3.51. The SMILES string of the molecule is CO.CSc1ccc(C(N)=NC(=O)C2CCN(C(=O)CC(N)Cc3ccccc3F)CC2)cc1. The van der Waals surface area contributed by atoms with Crippen LogP contribution in [0.25, 0.3) is 0 Å². The number of hydrogen-bond donors (Lipinski definition) is 3. The van der Waals surface area contributed by atoms with E-state index in [1.807, 2.05) is 30.5 Å². The quantitative estimate of drug-likeness (QED) is 0.313. The van der Waals surface area contributed by atoms with Crippen molar-refractivity contribution in [1.82, 2.24) is 4.90 Å². The smallest absolute Gasteiger partial charge is 0.250 e. The topological polar surface area (TPSA) is 122 Å². The maximum absolute atomic E-state index is 13.8. The molecule has 5 N–H and O–H groups in total. The van der Waals surface area contributed by atoms with Crippen LogP contribution in [0.4, 0.5) is 4.39 Å². The van der Waals surface area contributed by atoms with Gasteiger partial charge in [0.15, 0.2) is 0 Å². The van der Waals surface area contributed by atoms with Crippen LogP contribution >= 0.6 is 11.8 Å². The molecule has 0 saturated carbocycles. The van der Waals surface area contributed by atoms with Gasteiger partial charge in [-0.25, -0.2) is 4.39 Å². The number of hydrogen-bond acceptors (Lipinski definition) is 5. The number of aliphatic imine (C=N–C) groups is 1. The van der Waals surface area contributed by atoms with Crippen LogP contribution in [-0.2, 0) is 16.0 Å². The number of amides is 2. The van der Waals surface area contributed by atoms with Crippen molar-refractivity contribution in [2.24, 2.45) is 22.4 Å². The lowest BCUT2D eigenvalue weighted by Gasteiger charge is -2.31. The van der Waals surface area contributed by atoms with Crippen molar-refractivity contribution in [1.29, 1.82) is 0 Å². The first-order valence-electron chi connectivity index (χ1n) is 11.1. The average molecular weight is 489 g/mol. The summed E-state index contributed by atoms with van der Waals surface area (Å²) >= 11 is 1.63. The van der Waals surface area contributed by atoms with Crippen molar-refractivity contribution in [3.05, 3.63) is 65.5 Å². The van der Waals surface area contributed by atoms with E-state index >= 15 is 0 Å². The number of thioether (sulfide) groups is 1. The van der Waals surface area contributed by atoms with E-state index < -0.39 is 6.04 Å². The number of benzene rings is 2. The van der Waals surface area contributed by atoms with Crippen LogP contribution in [0.2, 0.25) is 0 Å². The van der Waals surface area contributed by atoms with Crippen molar-refractivity contribution in [2.45, 2.75) is 36.6 Å². The number of carbonyl (C=O) groups is 2. The Balaban J connectivity index is 0.00000199. The lowest BCUT2D eigenvalue weighted by atomic mass is 9.95. The fourth-order valence-corrected chi connectivity index (χ4v) is 4.19. The van der Waals surface area contributed by atoms with Gasteiger partial charge in [0, 0.05) is 49.0 Å². The first-order valence-corrected chi connectivity index (χ1v) is 12.3. The number of halogens is 1. The Kier molecular flexibility index (Phi) is 11.2. The first kappa shape index (κ1) is 27.5. The summed E-state index contributed by atoms with van der Waals surface area (Å²) in [5, 5.41) is 7.00. The summed E-state index contributed by atoms with van der Waals surface area (Å²) in [7, 11) is 1.00. The number of amidine groups is 1. The van der Waals surface area contributed by atoms with E-state index in [0.717, 1.165) is 12.0 Å². The Morgan fingerprint density at radius 2 is 1.76 bits per heavy atom. The number of rotatable bonds is 7. The summed E-state index contributed by atoms with van der Waals surface area (Å²) in [6, 6.07) is 13.6. The molecule has 1 saturated heterocycles. The van der Waals surface area contributed by atoms with E-state index in [2.05, 4.69) is 4.99 Å². The highest BCUT2D eigenvalue weighted by Crippen LogP contribution is 2.21. The van der Waals surface area contributed by atoms with Gasteiger partial charge in [-0.3, -0.25) is 9.59 Å². The fraction of sp³-hybridized carbons (Fsp3) is 0.400. The molecule has 1 unspecified atom stereocenters. The van der Waals surface area contributed by atoms with Gasteiger partial charge in [0.1, 0.15) is 11.7 Å². The standard InChI is InChI=1S/C24H29FN4O2S.CH4O/c1-32-20-8-6-16(7-9-20)23(27)28-24(31)17-10-12-29(13-11-17)22(30)15-19(26)14-18-4-2-3-5-21(18)25;1-2/h2-9,17,19H,10-15,26H2,1H3,(H2,27,28,31);2H,1H3. The molecule has 1 heterocycles. The lowest BCUT2D eigenvalue weighted by molar-refractivity contribution is -0.135. The number of carbonyl (C=O) groups excluding carboxylic acids is 2. The Bertz CT molecular complexity index is 976. The Labute approximate surface area is 204 Å². The molecule has 0 aliphatic carbocycles. The third-order valence-electron chi connectivity index (χ3n) is 5.69. The molecule has 0 bridgehead atoms. The van der Waals surface area contributed by atoms with Gasteiger partial charge in [0.05, 0.1) is 0 Å². The van der Waals surface area contributed by atoms with Crippen molar-refractivity contribution in [2.75, 3.05) is 26.5 Å². The van der Waals surface area contributed by atoms with Crippen molar-refractivity contribution in [3.63, 3.8) is 0 Å². The maximum Gasteiger partial charge on any atom is 0.250 e. The first-order chi connectivity index (χ1) is 16.4. The van der Waals surface area contributed by atoms with Gasteiger partial charge in [-0.05, 0) is 49.3 Å². The molecule has 0 radical (unpaired) electrons. The Morgan fingerprint density at radius 1 is 1.15 bits per heavy atom. The number of nitrogens with zero attached hydrogens (tertiary/aromatic N) is 2. The van der Waals surface area contributed by atoms with Gasteiger partial charge in [0.25, 0.3) is 5.91 Å². The fourth-order valence-electron chi connectivity index (χ4n) is 3.78. The summed E-state index contributed by atoms with van der Waals surface area (Å²) in [6.45, 7) is 0.943. The van der Waals surface area contributed by atoms with Crippen molar-refractivity contribution >= 4 is 29.4 Å². The molecular weight excluding hydrogens is 455 g/mol. The summed E-state index contributed by atoms with van der Waals surface area (Å²) in [5.41, 5.74) is 13.3. The predicted molar refractivity (Wildman–Crippen MR) is 134 cm³/mol.